The van der Waals surface area contributed by atoms with Crippen molar-refractivity contribution in [1.82, 2.24) is 19.9 Å². The number of aliphatic hydroxyl groups is 1. The summed E-state index contributed by atoms with van der Waals surface area (Å²) >= 11 is 6.17. The first kappa shape index (κ1) is 16.7. The topological polar surface area (TPSA) is 71.2 Å². The second-order valence-electron chi connectivity index (χ2n) is 6.14. The van der Waals surface area contributed by atoms with Gasteiger partial charge in [0.1, 0.15) is 5.60 Å². The highest BCUT2D eigenvalue weighted by Crippen LogP contribution is 2.26. The fraction of sp³-hybridized carbons (Fsp3) is 0.353. The number of halogens is 1. The molecule has 0 spiro atoms. The molecule has 24 heavy (non-hydrogen) atoms. The average Bonchev–Trinajstić information content (AvgIpc) is 3.17. The predicted octanol–water partition coefficient (Wildman–Crippen LogP) is 2.00. The van der Waals surface area contributed by atoms with E-state index in [0.717, 1.165) is 11.1 Å². The molecule has 2 aromatic rings. The maximum atomic E-state index is 12.5. The molecule has 1 N–H and O–H groups in total. The number of aromatic nitrogens is 3. The Labute approximate surface area is 145 Å². The van der Waals surface area contributed by atoms with E-state index in [1.165, 1.54) is 0 Å². The summed E-state index contributed by atoms with van der Waals surface area (Å²) in [5.41, 5.74) is 0.664. The van der Waals surface area contributed by atoms with Crippen molar-refractivity contribution < 1.29 is 9.90 Å². The summed E-state index contributed by atoms with van der Waals surface area (Å²) in [6.07, 6.45) is 5.35. The van der Waals surface area contributed by atoms with Gasteiger partial charge in [-0.3, -0.25) is 4.79 Å². The second-order valence-corrected chi connectivity index (χ2v) is 6.55. The molecule has 1 aliphatic rings. The van der Waals surface area contributed by atoms with E-state index in [-0.39, 0.29) is 12.5 Å². The van der Waals surface area contributed by atoms with Gasteiger partial charge < -0.3 is 10.0 Å². The molecule has 1 amide bonds. The smallest absolute Gasteiger partial charge is 0.246 e. The van der Waals surface area contributed by atoms with Gasteiger partial charge in [-0.15, -0.1) is 5.10 Å². The lowest BCUT2D eigenvalue weighted by atomic mass is 10.0. The molecule has 0 saturated carbocycles. The molecule has 1 aromatic heterocycles. The normalized spacial score (nSPS) is 21.3. The molecule has 7 heteroatoms. The number of nitrogens with zero attached hydrogens (tertiary/aromatic N) is 4. The van der Waals surface area contributed by atoms with Crippen LogP contribution < -0.4 is 0 Å². The number of carbonyl (C=O) groups excluding carboxylic acids is 1. The molecule has 126 valence electrons. The minimum atomic E-state index is -0.977. The Morgan fingerprint density at radius 1 is 1.46 bits per heavy atom. The lowest BCUT2D eigenvalue weighted by Crippen LogP contribution is -2.39. The molecule has 1 saturated heterocycles. The van der Waals surface area contributed by atoms with Gasteiger partial charge in [-0.1, -0.05) is 35.0 Å². The number of β-amino-alcohol motifs (C(OH)–C–C–N with tert-alkyl or cyclic N) is 1. The van der Waals surface area contributed by atoms with Crippen LogP contribution in [0.2, 0.25) is 5.02 Å². The van der Waals surface area contributed by atoms with Crippen LogP contribution in [-0.4, -0.2) is 49.6 Å². The van der Waals surface area contributed by atoms with Gasteiger partial charge in [0.2, 0.25) is 5.91 Å². The molecule has 6 nitrogen and oxygen atoms in total. The van der Waals surface area contributed by atoms with Crippen molar-refractivity contribution in [2.45, 2.75) is 25.5 Å². The number of likely N-dealkylation sites (tertiary alicyclic amines) is 1. The predicted molar refractivity (Wildman–Crippen MR) is 91.3 cm³/mol. The molecule has 3 rings (SSSR count). The first-order valence-corrected chi connectivity index (χ1v) is 8.13. The zero-order valence-corrected chi connectivity index (χ0v) is 14.1. The third kappa shape index (κ3) is 3.66. The number of benzene rings is 1. The van der Waals surface area contributed by atoms with Crippen molar-refractivity contribution in [2.24, 2.45) is 0 Å². The molecule has 1 aliphatic heterocycles. The summed E-state index contributed by atoms with van der Waals surface area (Å²) in [6.45, 7) is 2.97. The monoisotopic (exact) mass is 346 g/mol. The van der Waals surface area contributed by atoms with E-state index < -0.39 is 5.60 Å². The standard InChI is InChI=1S/C17H19ClN4O2/c1-13(14-4-2-3-5-15(14)18)10-16(23)21-8-6-17(24,11-21)12-22-9-7-19-20-22/h2-5,7,9-10,24H,6,8,11-12H2,1H3/b13-10+. The SMILES string of the molecule is C/C(=C\C(=O)N1CCC(O)(Cn2ccnn2)C1)c1ccccc1Cl. The summed E-state index contributed by atoms with van der Waals surface area (Å²) in [5, 5.41) is 18.9. The zero-order valence-electron chi connectivity index (χ0n) is 13.4. The Hall–Kier alpha value is -2.18. The van der Waals surface area contributed by atoms with E-state index in [1.54, 1.807) is 34.1 Å². The Morgan fingerprint density at radius 2 is 2.25 bits per heavy atom. The van der Waals surface area contributed by atoms with Crippen molar-refractivity contribution in [1.29, 1.82) is 0 Å². The Balaban J connectivity index is 1.68. The largest absolute Gasteiger partial charge is 0.386 e. The Kier molecular flexibility index (Phi) is 4.69. The van der Waals surface area contributed by atoms with Crippen molar-refractivity contribution in [2.75, 3.05) is 13.1 Å². The number of allylic oxidation sites excluding steroid dienone is 1. The highest BCUT2D eigenvalue weighted by molar-refractivity contribution is 6.32. The fourth-order valence-electron chi connectivity index (χ4n) is 2.93. The van der Waals surface area contributed by atoms with Gasteiger partial charge in [0, 0.05) is 23.8 Å². The van der Waals surface area contributed by atoms with Crippen molar-refractivity contribution in [3.63, 3.8) is 0 Å². The van der Waals surface area contributed by atoms with Crippen LogP contribution in [-0.2, 0) is 11.3 Å². The summed E-state index contributed by atoms with van der Waals surface area (Å²) in [6, 6.07) is 7.42. The molecule has 1 unspecified atom stereocenters. The number of carbonyl (C=O) groups is 1. The van der Waals surface area contributed by atoms with E-state index >= 15 is 0 Å². The molecule has 0 bridgehead atoms. The average molecular weight is 347 g/mol. The minimum absolute atomic E-state index is 0.123. The van der Waals surface area contributed by atoms with Crippen LogP contribution in [0.3, 0.4) is 0 Å². The lowest BCUT2D eigenvalue weighted by Gasteiger charge is -2.22. The summed E-state index contributed by atoms with van der Waals surface area (Å²) in [7, 11) is 0. The van der Waals surface area contributed by atoms with E-state index in [9.17, 15) is 9.90 Å². The van der Waals surface area contributed by atoms with Gasteiger partial charge >= 0.3 is 0 Å². The fourth-order valence-corrected chi connectivity index (χ4v) is 3.21. The first-order chi connectivity index (χ1) is 11.5. The number of amides is 1. The second kappa shape index (κ2) is 6.75. The number of hydrogen-bond donors (Lipinski definition) is 1. The van der Waals surface area contributed by atoms with Gasteiger partial charge in [0.25, 0.3) is 0 Å². The van der Waals surface area contributed by atoms with Gasteiger partial charge in [-0.05, 0) is 30.5 Å². The summed E-state index contributed by atoms with van der Waals surface area (Å²) in [5.74, 6) is -0.123. The van der Waals surface area contributed by atoms with E-state index in [2.05, 4.69) is 10.3 Å². The molecule has 1 aromatic carbocycles. The van der Waals surface area contributed by atoms with Crippen molar-refractivity contribution >= 4 is 23.1 Å². The lowest BCUT2D eigenvalue weighted by molar-refractivity contribution is -0.126. The highest BCUT2D eigenvalue weighted by atomic mass is 35.5. The van der Waals surface area contributed by atoms with Crippen LogP contribution in [0.5, 0.6) is 0 Å². The molecule has 1 atom stereocenters. The van der Waals surface area contributed by atoms with E-state index in [4.69, 9.17) is 11.6 Å². The van der Waals surface area contributed by atoms with Gasteiger partial charge in [-0.25, -0.2) is 4.68 Å². The molecular formula is C17H19ClN4O2. The maximum absolute atomic E-state index is 12.5. The van der Waals surface area contributed by atoms with Crippen LogP contribution in [0.15, 0.2) is 42.7 Å². The van der Waals surface area contributed by atoms with Crippen molar-refractivity contribution in [3.05, 3.63) is 53.3 Å². The summed E-state index contributed by atoms with van der Waals surface area (Å²) < 4.78 is 1.58. The minimum Gasteiger partial charge on any atom is -0.386 e. The van der Waals surface area contributed by atoms with E-state index in [0.29, 0.717) is 24.5 Å². The third-order valence-corrected chi connectivity index (χ3v) is 4.54. The van der Waals surface area contributed by atoms with Crippen LogP contribution in [0.4, 0.5) is 0 Å². The van der Waals surface area contributed by atoms with Gasteiger partial charge in [-0.2, -0.15) is 0 Å². The molecule has 0 aliphatic carbocycles. The van der Waals surface area contributed by atoms with Crippen molar-refractivity contribution in [3.8, 4) is 0 Å². The number of hydrogen-bond acceptors (Lipinski definition) is 4. The van der Waals surface area contributed by atoms with Crippen LogP contribution in [0.1, 0.15) is 18.9 Å². The molecule has 1 fully saturated rings. The van der Waals surface area contributed by atoms with Crippen LogP contribution in [0.25, 0.3) is 5.57 Å². The van der Waals surface area contributed by atoms with Crippen LogP contribution in [0, 0.1) is 0 Å². The Bertz CT molecular complexity index is 760. The maximum Gasteiger partial charge on any atom is 0.246 e. The highest BCUT2D eigenvalue weighted by Gasteiger charge is 2.38. The van der Waals surface area contributed by atoms with Crippen LogP contribution >= 0.6 is 11.6 Å². The first-order valence-electron chi connectivity index (χ1n) is 7.75. The van der Waals surface area contributed by atoms with Gasteiger partial charge in [0.15, 0.2) is 0 Å². The molecule has 0 radical (unpaired) electrons. The third-order valence-electron chi connectivity index (χ3n) is 4.21. The number of rotatable bonds is 4. The Morgan fingerprint density at radius 3 is 2.96 bits per heavy atom. The van der Waals surface area contributed by atoms with E-state index in [1.807, 2.05) is 25.1 Å². The molecular weight excluding hydrogens is 328 g/mol. The summed E-state index contributed by atoms with van der Waals surface area (Å²) in [4.78, 5) is 14.1. The zero-order chi connectivity index (χ0) is 17.2. The van der Waals surface area contributed by atoms with Gasteiger partial charge in [0.05, 0.1) is 19.3 Å². The quantitative estimate of drug-likeness (QED) is 0.859. The molecule has 2 heterocycles.